The van der Waals surface area contributed by atoms with Gasteiger partial charge in [0.05, 0.1) is 25.8 Å². The Hall–Kier alpha value is -3.14. The van der Waals surface area contributed by atoms with Gasteiger partial charge in [0.2, 0.25) is 5.91 Å². The lowest BCUT2D eigenvalue weighted by Crippen LogP contribution is -2.62. The Bertz CT molecular complexity index is 1380. The van der Waals surface area contributed by atoms with Crippen LogP contribution < -0.4 is 9.64 Å². The molecule has 1 aromatic heterocycles. The number of carbonyl (C=O) groups excluding carboxylic acids is 2. The molecule has 184 valence electrons. The second-order valence-corrected chi connectivity index (χ2v) is 11.3. The van der Waals surface area contributed by atoms with E-state index in [1.165, 1.54) is 11.8 Å². The van der Waals surface area contributed by atoms with Crippen molar-refractivity contribution in [2.24, 2.45) is 0 Å². The lowest BCUT2D eigenvalue weighted by molar-refractivity contribution is -0.139. The quantitative estimate of drug-likeness (QED) is 0.483. The number of likely N-dealkylation sites (tertiary alicyclic amines) is 1. The summed E-state index contributed by atoms with van der Waals surface area (Å²) in [5, 5.41) is 0. The predicted molar refractivity (Wildman–Crippen MR) is 142 cm³/mol. The molecule has 0 radical (unpaired) electrons. The maximum absolute atomic E-state index is 14.7. The maximum atomic E-state index is 14.7. The number of nitrogens with zero attached hydrogens (tertiary/aromatic N) is 3. The van der Waals surface area contributed by atoms with Crippen LogP contribution in [0.5, 0.6) is 5.75 Å². The third-order valence-electron chi connectivity index (χ3n) is 7.73. The number of likely N-dealkylation sites (N-methyl/N-ethyl adjacent to an activating group) is 2. The number of rotatable bonds is 4. The highest BCUT2D eigenvalue weighted by Gasteiger charge is 2.79. The monoisotopic (exact) mass is 519 g/mol. The van der Waals surface area contributed by atoms with Gasteiger partial charge in [0, 0.05) is 24.8 Å². The summed E-state index contributed by atoms with van der Waals surface area (Å²) in [6, 6.07) is 19.1. The van der Waals surface area contributed by atoms with E-state index in [0.717, 1.165) is 16.8 Å². The van der Waals surface area contributed by atoms with Gasteiger partial charge in [-0.15, -0.1) is 0 Å². The number of fused-ring (bicyclic) bond motifs is 3. The molecule has 0 unspecified atom stereocenters. The fraction of sp³-hybridized carbons (Fsp3) is 0.296. The van der Waals surface area contributed by atoms with Gasteiger partial charge in [-0.05, 0) is 42.9 Å². The van der Waals surface area contributed by atoms with E-state index in [2.05, 4.69) is 0 Å². The molecule has 3 aliphatic heterocycles. The van der Waals surface area contributed by atoms with Crippen LogP contribution in [0.1, 0.15) is 22.8 Å². The van der Waals surface area contributed by atoms with Gasteiger partial charge in [0.25, 0.3) is 5.91 Å². The zero-order chi connectivity index (χ0) is 25.2. The van der Waals surface area contributed by atoms with Crippen molar-refractivity contribution in [3.63, 3.8) is 0 Å². The highest BCUT2D eigenvalue weighted by atomic mass is 32.2. The number of furan rings is 1. The third-order valence-corrected chi connectivity index (χ3v) is 9.67. The van der Waals surface area contributed by atoms with Crippen LogP contribution in [-0.2, 0) is 21.7 Å². The van der Waals surface area contributed by atoms with E-state index in [0.29, 0.717) is 28.9 Å². The number of anilines is 1. The maximum Gasteiger partial charge on any atom is 0.254 e. The standard InChI is InChI=1S/C27H25N3O4S2/c1-28-16-20(22-10-7-13-34-22)27(24(32)30(25(35)36-27)15-17-8-5-4-6-9-17)26(28)19-14-18(33-3)11-12-21(19)29(2)23(26)31/h4-14,20H,15-16H2,1-3H3/t20-,26-,27-/m1/s1. The first-order valence-electron chi connectivity index (χ1n) is 11.7. The summed E-state index contributed by atoms with van der Waals surface area (Å²) in [5.74, 6) is 0.552. The summed E-state index contributed by atoms with van der Waals surface area (Å²) in [5.41, 5.74) is 1.18. The van der Waals surface area contributed by atoms with Crippen molar-refractivity contribution < 1.29 is 18.7 Å². The molecule has 2 saturated heterocycles. The molecule has 0 N–H and O–H groups in total. The minimum absolute atomic E-state index is 0.160. The summed E-state index contributed by atoms with van der Waals surface area (Å²) in [6.45, 7) is 0.789. The largest absolute Gasteiger partial charge is 0.497 e. The van der Waals surface area contributed by atoms with Gasteiger partial charge < -0.3 is 14.1 Å². The molecule has 3 aromatic rings. The highest BCUT2D eigenvalue weighted by molar-refractivity contribution is 8.25. The molecule has 4 heterocycles. The minimum atomic E-state index is -1.29. The fourth-order valence-corrected chi connectivity index (χ4v) is 8.25. The third kappa shape index (κ3) is 2.82. The topological polar surface area (TPSA) is 66.2 Å². The average molecular weight is 520 g/mol. The molecule has 2 fully saturated rings. The second kappa shape index (κ2) is 8.19. The van der Waals surface area contributed by atoms with Gasteiger partial charge >= 0.3 is 0 Å². The van der Waals surface area contributed by atoms with E-state index in [-0.39, 0.29) is 11.8 Å². The number of amides is 2. The Morgan fingerprint density at radius 1 is 1.08 bits per heavy atom. The SMILES string of the molecule is COc1ccc2c(c1)[C@]1(C(=O)N2C)N(C)C[C@H](c2ccco2)[C@]12SC(=S)N(Cc1ccccc1)C2=O. The van der Waals surface area contributed by atoms with Crippen LogP contribution >= 0.6 is 24.0 Å². The Kier molecular flexibility index (Phi) is 5.30. The van der Waals surface area contributed by atoms with Crippen molar-refractivity contribution >= 4 is 45.8 Å². The van der Waals surface area contributed by atoms with E-state index in [1.54, 1.807) is 30.2 Å². The second-order valence-electron chi connectivity index (χ2n) is 9.39. The van der Waals surface area contributed by atoms with Gasteiger partial charge in [0.1, 0.15) is 20.6 Å². The molecular formula is C27H25N3O4S2. The zero-order valence-corrected chi connectivity index (χ0v) is 21.8. The van der Waals surface area contributed by atoms with Crippen LogP contribution in [0.3, 0.4) is 0 Å². The van der Waals surface area contributed by atoms with Gasteiger partial charge in [-0.3, -0.25) is 19.4 Å². The van der Waals surface area contributed by atoms with E-state index < -0.39 is 16.2 Å². The van der Waals surface area contributed by atoms with Crippen LogP contribution in [-0.4, -0.2) is 58.4 Å². The lowest BCUT2D eigenvalue weighted by Gasteiger charge is -2.41. The van der Waals surface area contributed by atoms with Crippen LogP contribution in [0.2, 0.25) is 0 Å². The van der Waals surface area contributed by atoms with Crippen molar-refractivity contribution in [3.05, 3.63) is 83.8 Å². The molecule has 36 heavy (non-hydrogen) atoms. The van der Waals surface area contributed by atoms with Gasteiger partial charge in [-0.1, -0.05) is 54.3 Å². The number of ether oxygens (including phenoxy) is 1. The first-order valence-corrected chi connectivity index (χ1v) is 12.9. The molecule has 3 atom stereocenters. The first-order chi connectivity index (χ1) is 17.4. The molecule has 7 nitrogen and oxygen atoms in total. The number of carbonyl (C=O) groups is 2. The minimum Gasteiger partial charge on any atom is -0.497 e. The number of thiocarbonyl (C=S) groups is 1. The predicted octanol–water partition coefficient (Wildman–Crippen LogP) is 3.99. The van der Waals surface area contributed by atoms with Crippen molar-refractivity contribution in [1.29, 1.82) is 0 Å². The van der Waals surface area contributed by atoms with Crippen LogP contribution in [0.25, 0.3) is 0 Å². The Labute approximate surface area is 219 Å². The number of hydrogen-bond donors (Lipinski definition) is 0. The summed E-state index contributed by atoms with van der Waals surface area (Å²) < 4.78 is 10.6. The summed E-state index contributed by atoms with van der Waals surface area (Å²) >= 11 is 7.17. The van der Waals surface area contributed by atoms with Crippen molar-refractivity contribution in [2.45, 2.75) is 22.7 Å². The van der Waals surface area contributed by atoms with E-state index in [9.17, 15) is 9.59 Å². The molecular weight excluding hydrogens is 494 g/mol. The molecule has 0 bridgehead atoms. The van der Waals surface area contributed by atoms with Gasteiger partial charge in [0.15, 0.2) is 5.54 Å². The Morgan fingerprint density at radius 3 is 2.56 bits per heavy atom. The number of methoxy groups -OCH3 is 1. The van der Waals surface area contributed by atoms with Crippen molar-refractivity contribution in [1.82, 2.24) is 9.80 Å². The summed E-state index contributed by atoms with van der Waals surface area (Å²) in [4.78, 5) is 34.4. The number of hydrogen-bond acceptors (Lipinski definition) is 7. The fourth-order valence-electron chi connectivity index (χ4n) is 6.15. The Morgan fingerprint density at radius 2 is 1.86 bits per heavy atom. The van der Waals surface area contributed by atoms with Crippen molar-refractivity contribution in [2.75, 3.05) is 32.6 Å². The first kappa shape index (κ1) is 23.3. The summed E-state index contributed by atoms with van der Waals surface area (Å²) in [6.07, 6.45) is 1.61. The molecule has 6 rings (SSSR count). The van der Waals surface area contributed by atoms with E-state index in [4.69, 9.17) is 21.4 Å². The number of benzene rings is 2. The molecule has 9 heteroatoms. The zero-order valence-electron chi connectivity index (χ0n) is 20.1. The highest BCUT2D eigenvalue weighted by Crippen LogP contribution is 2.67. The smallest absolute Gasteiger partial charge is 0.254 e. The summed E-state index contributed by atoms with van der Waals surface area (Å²) in [7, 11) is 5.26. The van der Waals surface area contributed by atoms with Gasteiger partial charge in [-0.2, -0.15) is 0 Å². The number of thioether (sulfide) groups is 1. The lowest BCUT2D eigenvalue weighted by atomic mass is 9.73. The molecule has 2 spiro atoms. The van der Waals surface area contributed by atoms with Crippen LogP contribution in [0.4, 0.5) is 5.69 Å². The average Bonchev–Trinajstić information content (AvgIpc) is 3.61. The van der Waals surface area contributed by atoms with E-state index >= 15 is 0 Å². The Balaban J connectivity index is 1.60. The van der Waals surface area contributed by atoms with Crippen LogP contribution in [0, 0.1) is 0 Å². The van der Waals surface area contributed by atoms with Gasteiger partial charge in [-0.25, -0.2) is 0 Å². The molecule has 2 amide bonds. The van der Waals surface area contributed by atoms with Crippen LogP contribution in [0.15, 0.2) is 71.3 Å². The normalized spacial score (nSPS) is 27.6. The molecule has 0 saturated carbocycles. The molecule has 3 aliphatic rings. The van der Waals surface area contributed by atoms with Crippen molar-refractivity contribution in [3.8, 4) is 5.75 Å². The molecule has 0 aliphatic carbocycles. The van der Waals surface area contributed by atoms with E-state index in [1.807, 2.05) is 72.6 Å². The molecule has 2 aromatic carbocycles.